The molecule has 0 radical (unpaired) electrons. The second-order valence-electron chi connectivity index (χ2n) is 4.84. The summed E-state index contributed by atoms with van der Waals surface area (Å²) in [6.45, 7) is 0. The van der Waals surface area contributed by atoms with E-state index in [2.05, 4.69) is 5.32 Å². The fourth-order valence-corrected chi connectivity index (χ4v) is 3.18. The fraction of sp³-hybridized carbons (Fsp3) is 0.133. The summed E-state index contributed by atoms with van der Waals surface area (Å²) in [5.41, 5.74) is 1.29. The van der Waals surface area contributed by atoms with E-state index in [0.717, 1.165) is 6.07 Å². The predicted molar refractivity (Wildman–Crippen MR) is 77.6 cm³/mol. The summed E-state index contributed by atoms with van der Waals surface area (Å²) in [4.78, 5) is 11.2. The lowest BCUT2D eigenvalue weighted by molar-refractivity contribution is -0.116. The van der Waals surface area contributed by atoms with Crippen LogP contribution in [0.1, 0.15) is 12.0 Å². The molecule has 2 aromatic carbocycles. The molecule has 0 bridgehead atoms. The van der Waals surface area contributed by atoms with Crippen LogP contribution in [0.5, 0.6) is 5.75 Å². The van der Waals surface area contributed by atoms with Crippen LogP contribution in [0, 0.1) is 5.82 Å². The average Bonchev–Trinajstić information content (AvgIpc) is 2.49. The Hall–Kier alpha value is -2.41. The number of amides is 1. The molecule has 0 fully saturated rings. The van der Waals surface area contributed by atoms with Gasteiger partial charge in [-0.25, -0.2) is 4.39 Å². The monoisotopic (exact) mass is 321 g/mol. The number of hydrogen-bond acceptors (Lipinski definition) is 4. The standard InChI is InChI=1S/C15H12FNO4S/c16-12-3-1-2-4-14(12)21-22(19,20)11-6-7-13-10(9-11)5-8-15(18)17-13/h1-4,6-7,9H,5,8H2,(H,17,18). The third kappa shape index (κ3) is 2.80. The van der Waals surface area contributed by atoms with Gasteiger partial charge in [0, 0.05) is 12.1 Å². The highest BCUT2D eigenvalue weighted by Crippen LogP contribution is 2.27. The zero-order chi connectivity index (χ0) is 15.7. The van der Waals surface area contributed by atoms with Crippen LogP contribution in [0.2, 0.25) is 0 Å². The number of aryl methyl sites for hydroxylation is 1. The minimum absolute atomic E-state index is 0.0781. The third-order valence-corrected chi connectivity index (χ3v) is 4.53. The number of benzene rings is 2. The molecule has 0 saturated heterocycles. The largest absolute Gasteiger partial charge is 0.376 e. The highest BCUT2D eigenvalue weighted by atomic mass is 32.2. The van der Waals surface area contributed by atoms with Crippen molar-refractivity contribution in [1.82, 2.24) is 0 Å². The maximum atomic E-state index is 13.5. The number of para-hydroxylation sites is 1. The van der Waals surface area contributed by atoms with Gasteiger partial charge in [-0.15, -0.1) is 0 Å². The number of anilines is 1. The van der Waals surface area contributed by atoms with E-state index in [1.54, 1.807) is 0 Å². The highest BCUT2D eigenvalue weighted by molar-refractivity contribution is 7.87. The smallest absolute Gasteiger partial charge is 0.339 e. The number of fused-ring (bicyclic) bond motifs is 1. The van der Waals surface area contributed by atoms with E-state index in [1.807, 2.05) is 0 Å². The molecule has 0 aliphatic carbocycles. The maximum absolute atomic E-state index is 13.5. The van der Waals surface area contributed by atoms with Gasteiger partial charge in [0.1, 0.15) is 4.90 Å². The molecule has 114 valence electrons. The molecule has 0 atom stereocenters. The minimum Gasteiger partial charge on any atom is -0.376 e. The van der Waals surface area contributed by atoms with E-state index < -0.39 is 15.9 Å². The first-order valence-corrected chi connectivity index (χ1v) is 7.98. The molecule has 1 amide bonds. The van der Waals surface area contributed by atoms with Crippen LogP contribution in [-0.4, -0.2) is 14.3 Å². The fourth-order valence-electron chi connectivity index (χ4n) is 2.19. The third-order valence-electron chi connectivity index (χ3n) is 3.30. The summed E-state index contributed by atoms with van der Waals surface area (Å²) in [7, 11) is -4.14. The average molecular weight is 321 g/mol. The number of rotatable bonds is 3. The second-order valence-corrected chi connectivity index (χ2v) is 6.38. The van der Waals surface area contributed by atoms with E-state index in [-0.39, 0.29) is 16.6 Å². The zero-order valence-electron chi connectivity index (χ0n) is 11.4. The molecule has 1 aliphatic heterocycles. The molecular formula is C15H12FNO4S. The van der Waals surface area contributed by atoms with Crippen LogP contribution in [0.3, 0.4) is 0 Å². The summed E-state index contributed by atoms with van der Waals surface area (Å²) in [5.74, 6) is -1.21. The van der Waals surface area contributed by atoms with Crippen molar-refractivity contribution in [3.63, 3.8) is 0 Å². The van der Waals surface area contributed by atoms with Crippen LogP contribution >= 0.6 is 0 Å². The lowest BCUT2D eigenvalue weighted by Crippen LogP contribution is -2.19. The van der Waals surface area contributed by atoms with Crippen LogP contribution in [0.4, 0.5) is 10.1 Å². The zero-order valence-corrected chi connectivity index (χ0v) is 12.2. The van der Waals surface area contributed by atoms with E-state index in [9.17, 15) is 17.6 Å². The van der Waals surface area contributed by atoms with Gasteiger partial charge in [-0.05, 0) is 42.3 Å². The van der Waals surface area contributed by atoms with E-state index >= 15 is 0 Å². The van der Waals surface area contributed by atoms with Gasteiger partial charge in [0.2, 0.25) is 5.91 Å². The van der Waals surface area contributed by atoms with Crippen molar-refractivity contribution in [2.75, 3.05) is 5.32 Å². The lowest BCUT2D eigenvalue weighted by atomic mass is 10.0. The van der Waals surface area contributed by atoms with Crippen LogP contribution in [0.15, 0.2) is 47.4 Å². The summed E-state index contributed by atoms with van der Waals surface area (Å²) >= 11 is 0. The summed E-state index contributed by atoms with van der Waals surface area (Å²) < 4.78 is 42.8. The van der Waals surface area contributed by atoms with Gasteiger partial charge in [0.05, 0.1) is 0 Å². The van der Waals surface area contributed by atoms with Crippen molar-refractivity contribution < 1.29 is 21.8 Å². The Morgan fingerprint density at radius 2 is 1.86 bits per heavy atom. The topological polar surface area (TPSA) is 72.5 Å². The summed E-state index contributed by atoms with van der Waals surface area (Å²) in [5, 5.41) is 2.66. The Balaban J connectivity index is 1.93. The number of nitrogens with one attached hydrogen (secondary N) is 1. The molecule has 1 aliphatic rings. The Kier molecular flexibility index (Phi) is 3.58. The van der Waals surface area contributed by atoms with Gasteiger partial charge in [-0.1, -0.05) is 12.1 Å². The molecule has 5 nitrogen and oxygen atoms in total. The Bertz CT molecular complexity index is 848. The number of carbonyl (C=O) groups excluding carboxylic acids is 1. The Labute approximate surface area is 126 Å². The maximum Gasteiger partial charge on any atom is 0.339 e. The van der Waals surface area contributed by atoms with Crippen molar-refractivity contribution in [2.45, 2.75) is 17.7 Å². The van der Waals surface area contributed by atoms with Gasteiger partial charge in [-0.3, -0.25) is 4.79 Å². The van der Waals surface area contributed by atoms with Crippen molar-refractivity contribution >= 4 is 21.7 Å². The van der Waals surface area contributed by atoms with Crippen LogP contribution in [-0.2, 0) is 21.3 Å². The molecule has 7 heteroatoms. The SMILES string of the molecule is O=C1CCc2cc(S(=O)(=O)Oc3ccccc3F)ccc2N1. The first-order chi connectivity index (χ1) is 10.5. The van der Waals surface area contributed by atoms with Crippen LogP contribution < -0.4 is 9.50 Å². The molecule has 3 rings (SSSR count). The van der Waals surface area contributed by atoms with Gasteiger partial charge < -0.3 is 9.50 Å². The second kappa shape index (κ2) is 5.42. The first-order valence-electron chi connectivity index (χ1n) is 6.57. The molecule has 1 N–H and O–H groups in total. The van der Waals surface area contributed by atoms with Crippen molar-refractivity contribution in [3.05, 3.63) is 53.8 Å². The molecule has 0 unspecified atom stereocenters. The summed E-state index contributed by atoms with van der Waals surface area (Å²) in [6.07, 6.45) is 0.745. The van der Waals surface area contributed by atoms with E-state index in [1.165, 1.54) is 36.4 Å². The first kappa shape index (κ1) is 14.5. The molecule has 1 heterocycles. The van der Waals surface area contributed by atoms with Gasteiger partial charge >= 0.3 is 10.1 Å². The molecule has 22 heavy (non-hydrogen) atoms. The minimum atomic E-state index is -4.14. The van der Waals surface area contributed by atoms with Gasteiger partial charge in [0.15, 0.2) is 11.6 Å². The van der Waals surface area contributed by atoms with Crippen molar-refractivity contribution in [2.24, 2.45) is 0 Å². The highest BCUT2D eigenvalue weighted by Gasteiger charge is 2.22. The Morgan fingerprint density at radius 3 is 2.64 bits per heavy atom. The molecule has 0 aromatic heterocycles. The van der Waals surface area contributed by atoms with E-state index in [4.69, 9.17) is 4.18 Å². The lowest BCUT2D eigenvalue weighted by Gasteiger charge is -2.17. The molecule has 0 spiro atoms. The van der Waals surface area contributed by atoms with Crippen LogP contribution in [0.25, 0.3) is 0 Å². The number of carbonyl (C=O) groups is 1. The molecule has 0 saturated carbocycles. The number of halogens is 1. The summed E-state index contributed by atoms with van der Waals surface area (Å²) in [6, 6.07) is 9.54. The Morgan fingerprint density at radius 1 is 1.09 bits per heavy atom. The normalized spacial score (nSPS) is 14.1. The van der Waals surface area contributed by atoms with Gasteiger partial charge in [-0.2, -0.15) is 8.42 Å². The number of hydrogen-bond donors (Lipinski definition) is 1. The van der Waals surface area contributed by atoms with Crippen molar-refractivity contribution in [1.29, 1.82) is 0 Å². The molecule has 2 aromatic rings. The van der Waals surface area contributed by atoms with Crippen molar-refractivity contribution in [3.8, 4) is 5.75 Å². The quantitative estimate of drug-likeness (QED) is 0.882. The predicted octanol–water partition coefficient (Wildman–Crippen LogP) is 2.48. The molecular weight excluding hydrogens is 309 g/mol. The van der Waals surface area contributed by atoms with E-state index in [0.29, 0.717) is 24.1 Å². The van der Waals surface area contributed by atoms with Gasteiger partial charge in [0.25, 0.3) is 0 Å².